The van der Waals surface area contributed by atoms with Crippen molar-refractivity contribution in [2.75, 3.05) is 13.1 Å². The van der Waals surface area contributed by atoms with E-state index in [2.05, 4.69) is 50.4 Å². The molecule has 0 saturated heterocycles. The van der Waals surface area contributed by atoms with Crippen molar-refractivity contribution in [1.82, 2.24) is 5.32 Å². The lowest BCUT2D eigenvalue weighted by atomic mass is 10.00. The van der Waals surface area contributed by atoms with Crippen LogP contribution in [0.5, 0.6) is 0 Å². The van der Waals surface area contributed by atoms with E-state index in [0.29, 0.717) is 0 Å². The molecule has 0 aliphatic carbocycles. The van der Waals surface area contributed by atoms with Gasteiger partial charge in [-0.05, 0) is 49.4 Å². The van der Waals surface area contributed by atoms with Crippen molar-refractivity contribution in [2.24, 2.45) is 5.92 Å². The maximum absolute atomic E-state index is 3.40. The molecule has 0 amide bonds. The standard InChI is InChI=1S/C15H25N/c1-4-14-8-10-15(11-9-14)7-6-13(3)12-16-5-2/h8-11,13,16H,4-7,12H2,1-3H3. The van der Waals surface area contributed by atoms with E-state index >= 15 is 0 Å². The molecule has 90 valence electrons. The summed E-state index contributed by atoms with van der Waals surface area (Å²) in [5, 5.41) is 3.40. The molecule has 0 fully saturated rings. The number of aryl methyl sites for hydroxylation is 2. The van der Waals surface area contributed by atoms with Crippen LogP contribution in [0.2, 0.25) is 0 Å². The Morgan fingerprint density at radius 2 is 1.69 bits per heavy atom. The summed E-state index contributed by atoms with van der Waals surface area (Å²) in [6.45, 7) is 8.91. The van der Waals surface area contributed by atoms with Gasteiger partial charge in [-0.3, -0.25) is 0 Å². The monoisotopic (exact) mass is 219 g/mol. The first-order chi connectivity index (χ1) is 7.76. The first-order valence-corrected chi connectivity index (χ1v) is 6.54. The van der Waals surface area contributed by atoms with E-state index in [1.807, 2.05) is 0 Å². The van der Waals surface area contributed by atoms with E-state index in [1.165, 1.54) is 24.0 Å². The molecule has 1 aromatic rings. The lowest BCUT2D eigenvalue weighted by Crippen LogP contribution is -2.20. The largest absolute Gasteiger partial charge is 0.317 e. The summed E-state index contributed by atoms with van der Waals surface area (Å²) in [6.07, 6.45) is 3.62. The summed E-state index contributed by atoms with van der Waals surface area (Å²) in [7, 11) is 0. The fraction of sp³-hybridized carbons (Fsp3) is 0.600. The zero-order chi connectivity index (χ0) is 11.8. The van der Waals surface area contributed by atoms with Crippen molar-refractivity contribution in [1.29, 1.82) is 0 Å². The zero-order valence-electron chi connectivity index (χ0n) is 10.9. The molecular weight excluding hydrogens is 194 g/mol. The number of hydrogen-bond acceptors (Lipinski definition) is 1. The first-order valence-electron chi connectivity index (χ1n) is 6.54. The third-order valence-corrected chi connectivity index (χ3v) is 3.10. The normalized spacial score (nSPS) is 12.7. The Kier molecular flexibility index (Phi) is 6.17. The van der Waals surface area contributed by atoms with Gasteiger partial charge in [0.15, 0.2) is 0 Å². The van der Waals surface area contributed by atoms with Crippen molar-refractivity contribution in [2.45, 2.75) is 40.0 Å². The Morgan fingerprint density at radius 1 is 1.06 bits per heavy atom. The summed E-state index contributed by atoms with van der Waals surface area (Å²) in [5.41, 5.74) is 2.91. The van der Waals surface area contributed by atoms with E-state index in [-0.39, 0.29) is 0 Å². The van der Waals surface area contributed by atoms with Crippen LogP contribution in [0.1, 0.15) is 38.3 Å². The van der Waals surface area contributed by atoms with E-state index in [4.69, 9.17) is 0 Å². The van der Waals surface area contributed by atoms with Crippen LogP contribution in [-0.2, 0) is 12.8 Å². The Balaban J connectivity index is 2.30. The molecule has 0 spiro atoms. The van der Waals surface area contributed by atoms with Crippen LogP contribution in [-0.4, -0.2) is 13.1 Å². The molecule has 0 aliphatic rings. The molecule has 1 unspecified atom stereocenters. The Labute approximate surface area is 100 Å². The van der Waals surface area contributed by atoms with Crippen molar-refractivity contribution in [3.63, 3.8) is 0 Å². The predicted molar refractivity (Wildman–Crippen MR) is 71.8 cm³/mol. The molecule has 1 nitrogen and oxygen atoms in total. The molecule has 0 aromatic heterocycles. The van der Waals surface area contributed by atoms with E-state index in [9.17, 15) is 0 Å². The van der Waals surface area contributed by atoms with Gasteiger partial charge in [0, 0.05) is 0 Å². The summed E-state index contributed by atoms with van der Waals surface area (Å²) < 4.78 is 0. The molecule has 1 N–H and O–H groups in total. The van der Waals surface area contributed by atoms with Gasteiger partial charge in [0.2, 0.25) is 0 Å². The smallest absolute Gasteiger partial charge is 0.00232 e. The van der Waals surface area contributed by atoms with Crippen LogP contribution in [0.15, 0.2) is 24.3 Å². The van der Waals surface area contributed by atoms with Crippen LogP contribution in [0, 0.1) is 5.92 Å². The van der Waals surface area contributed by atoms with Crippen molar-refractivity contribution >= 4 is 0 Å². The molecule has 1 aromatic carbocycles. The molecule has 0 aliphatic heterocycles. The third-order valence-electron chi connectivity index (χ3n) is 3.10. The highest BCUT2D eigenvalue weighted by Gasteiger charge is 2.01. The quantitative estimate of drug-likeness (QED) is 0.741. The average Bonchev–Trinajstić information content (AvgIpc) is 2.34. The van der Waals surface area contributed by atoms with Gasteiger partial charge >= 0.3 is 0 Å². The molecule has 16 heavy (non-hydrogen) atoms. The summed E-state index contributed by atoms with van der Waals surface area (Å²) in [5.74, 6) is 0.769. The van der Waals surface area contributed by atoms with E-state index in [0.717, 1.165) is 25.4 Å². The second kappa shape index (κ2) is 7.45. The second-order valence-corrected chi connectivity index (χ2v) is 4.62. The van der Waals surface area contributed by atoms with Gasteiger partial charge in [-0.1, -0.05) is 45.0 Å². The van der Waals surface area contributed by atoms with Gasteiger partial charge in [0.1, 0.15) is 0 Å². The Morgan fingerprint density at radius 3 is 2.25 bits per heavy atom. The lowest BCUT2D eigenvalue weighted by molar-refractivity contribution is 0.489. The van der Waals surface area contributed by atoms with E-state index < -0.39 is 0 Å². The summed E-state index contributed by atoms with van der Waals surface area (Å²) >= 11 is 0. The van der Waals surface area contributed by atoms with Crippen LogP contribution < -0.4 is 5.32 Å². The summed E-state index contributed by atoms with van der Waals surface area (Å²) in [6, 6.07) is 9.06. The van der Waals surface area contributed by atoms with Crippen LogP contribution in [0.25, 0.3) is 0 Å². The Hall–Kier alpha value is -0.820. The van der Waals surface area contributed by atoms with Gasteiger partial charge in [-0.25, -0.2) is 0 Å². The van der Waals surface area contributed by atoms with Crippen LogP contribution in [0.3, 0.4) is 0 Å². The number of benzene rings is 1. The topological polar surface area (TPSA) is 12.0 Å². The Bertz CT molecular complexity index is 276. The SMILES string of the molecule is CCNCC(C)CCc1ccc(CC)cc1. The number of nitrogens with one attached hydrogen (secondary N) is 1. The molecule has 0 bridgehead atoms. The van der Waals surface area contributed by atoms with Gasteiger partial charge in [0.05, 0.1) is 0 Å². The first kappa shape index (κ1) is 13.2. The molecule has 1 heteroatoms. The highest BCUT2D eigenvalue weighted by Crippen LogP contribution is 2.10. The molecule has 0 radical (unpaired) electrons. The summed E-state index contributed by atoms with van der Waals surface area (Å²) in [4.78, 5) is 0. The minimum atomic E-state index is 0.769. The third kappa shape index (κ3) is 4.80. The minimum Gasteiger partial charge on any atom is -0.317 e. The fourth-order valence-corrected chi connectivity index (χ4v) is 1.85. The lowest BCUT2D eigenvalue weighted by Gasteiger charge is -2.11. The molecule has 1 atom stereocenters. The van der Waals surface area contributed by atoms with E-state index in [1.54, 1.807) is 0 Å². The van der Waals surface area contributed by atoms with Crippen LogP contribution >= 0.6 is 0 Å². The molecule has 0 saturated carbocycles. The van der Waals surface area contributed by atoms with Crippen LogP contribution in [0.4, 0.5) is 0 Å². The van der Waals surface area contributed by atoms with Crippen molar-refractivity contribution in [3.05, 3.63) is 35.4 Å². The second-order valence-electron chi connectivity index (χ2n) is 4.62. The predicted octanol–water partition coefficient (Wildman–Crippen LogP) is 3.43. The highest BCUT2D eigenvalue weighted by atomic mass is 14.8. The van der Waals surface area contributed by atoms with Gasteiger partial charge < -0.3 is 5.32 Å². The highest BCUT2D eigenvalue weighted by molar-refractivity contribution is 5.22. The maximum Gasteiger partial charge on any atom is -0.00232 e. The average molecular weight is 219 g/mol. The molecular formula is C15H25N. The molecule has 1 rings (SSSR count). The van der Waals surface area contributed by atoms with Crippen molar-refractivity contribution in [3.8, 4) is 0 Å². The number of hydrogen-bond donors (Lipinski definition) is 1. The van der Waals surface area contributed by atoms with Gasteiger partial charge in [0.25, 0.3) is 0 Å². The van der Waals surface area contributed by atoms with Crippen molar-refractivity contribution < 1.29 is 0 Å². The zero-order valence-corrected chi connectivity index (χ0v) is 10.9. The fourth-order valence-electron chi connectivity index (χ4n) is 1.85. The van der Waals surface area contributed by atoms with Gasteiger partial charge in [-0.15, -0.1) is 0 Å². The number of rotatable bonds is 7. The minimum absolute atomic E-state index is 0.769. The molecule has 0 heterocycles. The van der Waals surface area contributed by atoms with Gasteiger partial charge in [-0.2, -0.15) is 0 Å². The maximum atomic E-state index is 3.40.